The van der Waals surface area contributed by atoms with Crippen molar-refractivity contribution in [3.05, 3.63) is 22.3 Å². The zero-order chi connectivity index (χ0) is 13.8. The summed E-state index contributed by atoms with van der Waals surface area (Å²) in [5, 5.41) is 2.50. The Kier molecular flexibility index (Phi) is 5.55. The number of halogens is 1. The average Bonchev–Trinajstić information content (AvgIpc) is 2.30. The van der Waals surface area contributed by atoms with Crippen LogP contribution in [0.3, 0.4) is 0 Å². The molecule has 0 radical (unpaired) electrons. The van der Waals surface area contributed by atoms with Gasteiger partial charge in [0.05, 0.1) is 10.9 Å². The van der Waals surface area contributed by atoms with Crippen LogP contribution in [-0.4, -0.2) is 31.7 Å². The molecule has 0 aliphatic carbocycles. The molecule has 1 rings (SSSR count). The fourth-order valence-corrected chi connectivity index (χ4v) is 2.47. The maximum absolute atomic E-state index is 12.0. The van der Waals surface area contributed by atoms with E-state index in [4.69, 9.17) is 0 Å². The molecular formula is C11H18BrN3O2S. The summed E-state index contributed by atoms with van der Waals surface area (Å²) < 4.78 is 27.3. The number of aromatic nitrogens is 1. The molecule has 0 saturated carbocycles. The van der Waals surface area contributed by atoms with Gasteiger partial charge < -0.3 is 5.32 Å². The highest BCUT2D eigenvalue weighted by Gasteiger charge is 2.20. The van der Waals surface area contributed by atoms with Gasteiger partial charge in [0.15, 0.2) is 0 Å². The molecule has 0 bridgehead atoms. The largest absolute Gasteiger partial charge is 0.316 e. The molecule has 1 aromatic heterocycles. The zero-order valence-corrected chi connectivity index (χ0v) is 13.1. The number of nitrogens with one attached hydrogen (secondary N) is 2. The summed E-state index contributed by atoms with van der Waals surface area (Å²) in [4.78, 5) is 4.16. The van der Waals surface area contributed by atoms with Gasteiger partial charge in [0.1, 0.15) is 5.82 Å². The van der Waals surface area contributed by atoms with E-state index in [2.05, 4.69) is 31.0 Å². The van der Waals surface area contributed by atoms with Crippen molar-refractivity contribution in [2.75, 3.05) is 17.8 Å². The number of sulfonamides is 1. The summed E-state index contributed by atoms with van der Waals surface area (Å²) in [7, 11) is -3.41. The SMILES string of the molecule is CCNCC(C)S(=O)(=O)Nc1ccc(Br)c(C)n1. The molecule has 2 N–H and O–H groups in total. The Morgan fingerprint density at radius 3 is 2.67 bits per heavy atom. The van der Waals surface area contributed by atoms with Gasteiger partial charge in [-0.25, -0.2) is 13.4 Å². The van der Waals surface area contributed by atoms with Crippen LogP contribution in [0.5, 0.6) is 0 Å². The molecule has 1 unspecified atom stereocenters. The fraction of sp³-hybridized carbons (Fsp3) is 0.545. The molecule has 0 aliphatic heterocycles. The van der Waals surface area contributed by atoms with Crippen LogP contribution in [0.25, 0.3) is 0 Å². The van der Waals surface area contributed by atoms with E-state index in [1.54, 1.807) is 19.1 Å². The van der Waals surface area contributed by atoms with Crippen molar-refractivity contribution in [1.82, 2.24) is 10.3 Å². The maximum Gasteiger partial charge on any atom is 0.237 e. The van der Waals surface area contributed by atoms with E-state index in [1.165, 1.54) is 0 Å². The molecule has 0 amide bonds. The first kappa shape index (κ1) is 15.4. The summed E-state index contributed by atoms with van der Waals surface area (Å²) in [5.41, 5.74) is 0.745. The summed E-state index contributed by atoms with van der Waals surface area (Å²) >= 11 is 3.32. The lowest BCUT2D eigenvalue weighted by atomic mass is 10.4. The van der Waals surface area contributed by atoms with Crippen molar-refractivity contribution in [2.24, 2.45) is 0 Å². The van der Waals surface area contributed by atoms with Gasteiger partial charge in [-0.05, 0) is 48.5 Å². The van der Waals surface area contributed by atoms with Crippen LogP contribution >= 0.6 is 15.9 Å². The van der Waals surface area contributed by atoms with Crippen molar-refractivity contribution >= 4 is 31.8 Å². The van der Waals surface area contributed by atoms with E-state index in [0.29, 0.717) is 12.4 Å². The molecular weight excluding hydrogens is 318 g/mol. The summed E-state index contributed by atoms with van der Waals surface area (Å²) in [6.07, 6.45) is 0. The van der Waals surface area contributed by atoms with E-state index in [0.717, 1.165) is 16.7 Å². The van der Waals surface area contributed by atoms with E-state index in [9.17, 15) is 8.42 Å². The van der Waals surface area contributed by atoms with Gasteiger partial charge in [-0.1, -0.05) is 6.92 Å². The van der Waals surface area contributed by atoms with E-state index in [-0.39, 0.29) is 0 Å². The van der Waals surface area contributed by atoms with Crippen molar-refractivity contribution in [1.29, 1.82) is 0 Å². The Morgan fingerprint density at radius 1 is 1.44 bits per heavy atom. The number of aryl methyl sites for hydroxylation is 1. The highest BCUT2D eigenvalue weighted by Crippen LogP contribution is 2.17. The van der Waals surface area contributed by atoms with Crippen LogP contribution in [0.15, 0.2) is 16.6 Å². The van der Waals surface area contributed by atoms with Gasteiger partial charge in [-0.2, -0.15) is 0 Å². The smallest absolute Gasteiger partial charge is 0.237 e. The molecule has 1 heterocycles. The van der Waals surface area contributed by atoms with Crippen molar-refractivity contribution in [3.63, 3.8) is 0 Å². The molecule has 102 valence electrons. The fourth-order valence-electron chi connectivity index (χ4n) is 1.30. The highest BCUT2D eigenvalue weighted by atomic mass is 79.9. The van der Waals surface area contributed by atoms with Crippen LogP contribution in [0.2, 0.25) is 0 Å². The van der Waals surface area contributed by atoms with Gasteiger partial charge in [-0.3, -0.25) is 4.72 Å². The average molecular weight is 336 g/mol. The van der Waals surface area contributed by atoms with Crippen molar-refractivity contribution in [3.8, 4) is 0 Å². The Balaban J connectivity index is 2.78. The molecule has 0 saturated heterocycles. The van der Waals surface area contributed by atoms with E-state index >= 15 is 0 Å². The van der Waals surface area contributed by atoms with Crippen LogP contribution < -0.4 is 10.0 Å². The third-order valence-electron chi connectivity index (χ3n) is 2.48. The third-order valence-corrected chi connectivity index (χ3v) is 5.04. The number of nitrogens with zero attached hydrogens (tertiary/aromatic N) is 1. The third kappa shape index (κ3) is 4.22. The number of anilines is 1. The molecule has 0 spiro atoms. The molecule has 1 aromatic rings. The molecule has 0 fully saturated rings. The lowest BCUT2D eigenvalue weighted by Crippen LogP contribution is -2.34. The van der Waals surface area contributed by atoms with Gasteiger partial charge in [-0.15, -0.1) is 0 Å². The second-order valence-corrected chi connectivity index (χ2v) is 6.98. The second kappa shape index (κ2) is 6.49. The number of rotatable bonds is 6. The minimum atomic E-state index is -3.41. The summed E-state index contributed by atoms with van der Waals surface area (Å²) in [6.45, 7) is 6.57. The molecule has 5 nitrogen and oxygen atoms in total. The minimum Gasteiger partial charge on any atom is -0.316 e. The molecule has 0 aromatic carbocycles. The second-order valence-electron chi connectivity index (χ2n) is 4.03. The van der Waals surface area contributed by atoms with Crippen LogP contribution in [-0.2, 0) is 10.0 Å². The lowest BCUT2D eigenvalue weighted by Gasteiger charge is -2.14. The minimum absolute atomic E-state index is 0.346. The predicted molar refractivity (Wildman–Crippen MR) is 77.2 cm³/mol. The number of hydrogen-bond donors (Lipinski definition) is 2. The van der Waals surface area contributed by atoms with Gasteiger partial charge in [0, 0.05) is 11.0 Å². The molecule has 1 atom stereocenters. The standard InChI is InChI=1S/C11H18BrN3O2S/c1-4-13-7-8(2)18(16,17)15-11-6-5-10(12)9(3)14-11/h5-6,8,13H,4,7H2,1-3H3,(H,14,15). The van der Waals surface area contributed by atoms with Gasteiger partial charge in [0.25, 0.3) is 0 Å². The Morgan fingerprint density at radius 2 is 2.11 bits per heavy atom. The first-order chi connectivity index (χ1) is 8.36. The molecule has 0 aliphatic rings. The van der Waals surface area contributed by atoms with E-state index < -0.39 is 15.3 Å². The normalized spacial score (nSPS) is 13.3. The molecule has 18 heavy (non-hydrogen) atoms. The van der Waals surface area contributed by atoms with Crippen LogP contribution in [0.4, 0.5) is 5.82 Å². The monoisotopic (exact) mass is 335 g/mol. The van der Waals surface area contributed by atoms with E-state index in [1.807, 2.05) is 13.8 Å². The Labute approximate surface area is 117 Å². The predicted octanol–water partition coefficient (Wildman–Crippen LogP) is 1.89. The first-order valence-corrected chi connectivity index (χ1v) is 8.06. The summed E-state index contributed by atoms with van der Waals surface area (Å²) in [6, 6.07) is 3.41. The quantitative estimate of drug-likeness (QED) is 0.832. The van der Waals surface area contributed by atoms with Crippen molar-refractivity contribution in [2.45, 2.75) is 26.0 Å². The molecule has 7 heteroatoms. The maximum atomic E-state index is 12.0. The zero-order valence-electron chi connectivity index (χ0n) is 10.7. The van der Waals surface area contributed by atoms with Gasteiger partial charge in [0.2, 0.25) is 10.0 Å². The van der Waals surface area contributed by atoms with Crippen LogP contribution in [0.1, 0.15) is 19.5 Å². The first-order valence-electron chi connectivity index (χ1n) is 5.72. The van der Waals surface area contributed by atoms with Crippen LogP contribution in [0, 0.1) is 6.92 Å². The summed E-state index contributed by atoms with van der Waals surface area (Å²) in [5.74, 6) is 0.346. The topological polar surface area (TPSA) is 71.1 Å². The number of hydrogen-bond acceptors (Lipinski definition) is 4. The van der Waals surface area contributed by atoms with Crippen molar-refractivity contribution < 1.29 is 8.42 Å². The Hall–Kier alpha value is -0.660. The lowest BCUT2D eigenvalue weighted by molar-refractivity contribution is 0.579. The van der Waals surface area contributed by atoms with Gasteiger partial charge >= 0.3 is 0 Å². The number of pyridine rings is 1. The Bertz CT molecular complexity index is 505. The highest BCUT2D eigenvalue weighted by molar-refractivity contribution is 9.10.